The number of rotatable bonds is 4. The smallest absolute Gasteiger partial charge is 0.343 e. The van der Waals surface area contributed by atoms with Crippen molar-refractivity contribution in [1.29, 1.82) is 0 Å². The van der Waals surface area contributed by atoms with E-state index in [-0.39, 0.29) is 0 Å². The second-order valence-corrected chi connectivity index (χ2v) is 4.58. The van der Waals surface area contributed by atoms with Crippen LogP contribution in [0.5, 0.6) is 0 Å². The molecule has 0 aromatic heterocycles. The second-order valence-electron chi connectivity index (χ2n) is 3.10. The molecular weight excluding hydrogens is 164 g/mol. The van der Waals surface area contributed by atoms with Gasteiger partial charge < -0.3 is 4.57 Å². The van der Waals surface area contributed by atoms with Crippen LogP contribution in [0.25, 0.3) is 0 Å². The largest absolute Gasteiger partial charge is 0.643 e. The molecule has 0 N–H and O–H groups in total. The highest BCUT2D eigenvalue weighted by molar-refractivity contribution is 6.23. The predicted molar refractivity (Wildman–Crippen MR) is 53.4 cm³/mol. The number of allylic oxidation sites excluding steroid dienone is 1. The summed E-state index contributed by atoms with van der Waals surface area (Å²) in [5.74, 6) is 0. The van der Waals surface area contributed by atoms with E-state index >= 15 is 0 Å². The lowest BCUT2D eigenvalue weighted by Gasteiger charge is -2.15. The summed E-state index contributed by atoms with van der Waals surface area (Å²) in [6.07, 6.45) is 10.4. The van der Waals surface area contributed by atoms with Crippen LogP contribution in [0, 0.1) is 0 Å². The van der Waals surface area contributed by atoms with Crippen molar-refractivity contribution >= 4 is 16.1 Å². The monoisotopic (exact) mass is 181 g/mol. The topological polar surface area (TPSA) is 6.25 Å². The van der Waals surface area contributed by atoms with Gasteiger partial charge in [-0.1, -0.05) is 19.8 Å². The van der Waals surface area contributed by atoms with Crippen molar-refractivity contribution in [2.45, 2.75) is 26.2 Å². The molecule has 0 bridgehead atoms. The Kier molecular flexibility index (Phi) is 4.08. The minimum absolute atomic E-state index is 0.802. The third-order valence-electron chi connectivity index (χ3n) is 1.86. The molecule has 0 amide bonds. The lowest BCUT2D eigenvalue weighted by Crippen LogP contribution is -2.34. The molecule has 2 nitrogen and oxygen atoms in total. The van der Waals surface area contributed by atoms with Crippen molar-refractivity contribution in [3.8, 4) is 0 Å². The van der Waals surface area contributed by atoms with Crippen molar-refractivity contribution in [3.63, 3.8) is 0 Å². The van der Waals surface area contributed by atoms with Gasteiger partial charge in [-0.3, -0.25) is 4.24 Å². The molecule has 0 aromatic carbocycles. The second kappa shape index (κ2) is 5.14. The molecule has 0 aliphatic carbocycles. The van der Waals surface area contributed by atoms with Crippen molar-refractivity contribution in [3.05, 3.63) is 12.3 Å². The Morgan fingerprint density at radius 3 is 2.92 bits per heavy atom. The molecule has 0 saturated heterocycles. The molecule has 0 atom stereocenters. The molecule has 0 spiro atoms. The van der Waals surface area contributed by atoms with Gasteiger partial charge in [-0.15, -0.1) is 0 Å². The first-order chi connectivity index (χ1) is 5.83. The maximum absolute atomic E-state index is 2.38. The third kappa shape index (κ3) is 3.22. The van der Waals surface area contributed by atoms with Gasteiger partial charge in [-0.2, -0.15) is 0 Å². The van der Waals surface area contributed by atoms with E-state index < -0.39 is 0 Å². The number of unbranched alkanes of at least 4 members (excludes halogenated alkanes) is 2. The first-order valence-corrected chi connectivity index (χ1v) is 5.50. The van der Waals surface area contributed by atoms with E-state index in [1.807, 2.05) is 0 Å². The molecule has 1 aliphatic heterocycles. The van der Waals surface area contributed by atoms with Gasteiger partial charge in [0.2, 0.25) is 0 Å². The highest BCUT2D eigenvalue weighted by atomic mass is 28.2. The van der Waals surface area contributed by atoms with Gasteiger partial charge in [-0.05, 0) is 6.42 Å². The highest BCUT2D eigenvalue weighted by Gasteiger charge is 2.15. The summed E-state index contributed by atoms with van der Waals surface area (Å²) >= 11 is 0. The molecule has 0 aromatic rings. The Balaban J connectivity index is 2.18. The number of hydrogen-bond acceptors (Lipinski definition) is 1. The standard InChI is InChI=1S/C9H17N2Si/c1-3-4-5-8-11-9-6-7-10(2)12-11/h6-7,9H,3-5,8H2,1-2H3/q+1. The Morgan fingerprint density at radius 2 is 2.25 bits per heavy atom. The summed E-state index contributed by atoms with van der Waals surface area (Å²) in [5, 5.41) is 0. The summed E-state index contributed by atoms with van der Waals surface area (Å²) < 4.78 is 4.61. The van der Waals surface area contributed by atoms with E-state index in [4.69, 9.17) is 0 Å². The van der Waals surface area contributed by atoms with Crippen LogP contribution in [0.4, 0.5) is 0 Å². The minimum Gasteiger partial charge on any atom is -0.343 e. The summed E-state index contributed by atoms with van der Waals surface area (Å²) in [6.45, 7) is 3.45. The summed E-state index contributed by atoms with van der Waals surface area (Å²) in [7, 11) is 2.92. The first-order valence-electron chi connectivity index (χ1n) is 4.60. The van der Waals surface area contributed by atoms with Gasteiger partial charge in [0, 0.05) is 18.8 Å². The normalized spacial score (nSPS) is 16.5. The quantitative estimate of drug-likeness (QED) is 0.467. The van der Waals surface area contributed by atoms with E-state index in [2.05, 4.69) is 41.3 Å². The zero-order chi connectivity index (χ0) is 8.81. The molecule has 3 heteroatoms. The molecule has 2 radical (unpaired) electrons. The molecule has 0 fully saturated rings. The molecule has 0 unspecified atom stereocenters. The minimum atomic E-state index is 0.802. The predicted octanol–water partition coefficient (Wildman–Crippen LogP) is 1.25. The van der Waals surface area contributed by atoms with Crippen molar-refractivity contribution in [2.24, 2.45) is 0 Å². The first kappa shape index (κ1) is 9.51. The van der Waals surface area contributed by atoms with Crippen LogP contribution < -0.4 is 0 Å². The van der Waals surface area contributed by atoms with Crippen molar-refractivity contribution in [1.82, 2.24) is 4.57 Å². The Labute approximate surface area is 77.6 Å². The number of nitrogens with zero attached hydrogens (tertiary/aromatic N) is 2. The van der Waals surface area contributed by atoms with Crippen LogP contribution in [0.3, 0.4) is 0 Å². The average molecular weight is 181 g/mol. The fourth-order valence-electron chi connectivity index (χ4n) is 1.20. The Hall–Kier alpha value is -0.573. The van der Waals surface area contributed by atoms with E-state index in [0.29, 0.717) is 0 Å². The van der Waals surface area contributed by atoms with Gasteiger partial charge in [0.05, 0.1) is 0 Å². The van der Waals surface area contributed by atoms with Crippen LogP contribution in [0.15, 0.2) is 12.3 Å². The Morgan fingerprint density at radius 1 is 1.42 bits per heavy atom. The SMILES string of the molecule is CCCCCN1C=CC=[N+](C)[Si]1. The molecule has 1 rings (SSSR count). The van der Waals surface area contributed by atoms with Gasteiger partial charge in [0.1, 0.15) is 13.3 Å². The molecule has 66 valence electrons. The number of hydrogen-bond donors (Lipinski definition) is 0. The van der Waals surface area contributed by atoms with Crippen LogP contribution >= 0.6 is 0 Å². The molecule has 12 heavy (non-hydrogen) atoms. The van der Waals surface area contributed by atoms with Crippen LogP contribution in [-0.4, -0.2) is 38.5 Å². The van der Waals surface area contributed by atoms with Crippen molar-refractivity contribution in [2.75, 3.05) is 13.6 Å². The maximum Gasteiger partial charge on any atom is 0.643 e. The van der Waals surface area contributed by atoms with Crippen LogP contribution in [-0.2, 0) is 0 Å². The van der Waals surface area contributed by atoms with Crippen LogP contribution in [0.2, 0.25) is 0 Å². The molecule has 1 aliphatic rings. The van der Waals surface area contributed by atoms with Gasteiger partial charge in [0.25, 0.3) is 0 Å². The fourth-order valence-corrected chi connectivity index (χ4v) is 2.17. The summed E-state index contributed by atoms with van der Waals surface area (Å²) in [4.78, 5) is 0. The van der Waals surface area contributed by atoms with Gasteiger partial charge in [0.15, 0.2) is 0 Å². The van der Waals surface area contributed by atoms with E-state index in [1.165, 1.54) is 25.8 Å². The summed E-state index contributed by atoms with van der Waals surface area (Å²) in [6, 6.07) is 0. The highest BCUT2D eigenvalue weighted by Crippen LogP contribution is 1.99. The average Bonchev–Trinajstić information content (AvgIpc) is 2.05. The Bertz CT molecular complexity index is 187. The third-order valence-corrected chi connectivity index (χ3v) is 2.96. The molecule has 0 saturated carbocycles. The van der Waals surface area contributed by atoms with Gasteiger partial charge >= 0.3 is 9.84 Å². The lowest BCUT2D eigenvalue weighted by molar-refractivity contribution is -0.345. The lowest BCUT2D eigenvalue weighted by atomic mass is 10.2. The van der Waals surface area contributed by atoms with E-state index in [9.17, 15) is 0 Å². The van der Waals surface area contributed by atoms with Crippen molar-refractivity contribution < 1.29 is 4.24 Å². The molecule has 1 heterocycles. The molecular formula is C9H17N2Si+. The zero-order valence-corrected chi connectivity index (χ0v) is 8.95. The fraction of sp³-hybridized carbons (Fsp3) is 0.667. The van der Waals surface area contributed by atoms with E-state index in [0.717, 1.165) is 9.84 Å². The zero-order valence-electron chi connectivity index (χ0n) is 7.95. The van der Waals surface area contributed by atoms with E-state index in [1.54, 1.807) is 0 Å². The van der Waals surface area contributed by atoms with Gasteiger partial charge in [-0.25, -0.2) is 0 Å². The van der Waals surface area contributed by atoms with Crippen LogP contribution in [0.1, 0.15) is 26.2 Å². The summed E-state index contributed by atoms with van der Waals surface area (Å²) in [5.41, 5.74) is 0. The maximum atomic E-state index is 2.38.